The molecule has 2 rings (SSSR count). The summed E-state index contributed by atoms with van der Waals surface area (Å²) in [5.74, 6) is 1.15. The number of methoxy groups -OCH3 is 1. The van der Waals surface area contributed by atoms with Crippen molar-refractivity contribution in [1.82, 2.24) is 0 Å². The van der Waals surface area contributed by atoms with Crippen LogP contribution >= 0.6 is 0 Å². The van der Waals surface area contributed by atoms with Crippen LogP contribution in [0.25, 0.3) is 0 Å². The Bertz CT molecular complexity index is 269. The molecule has 2 aliphatic carbocycles. The van der Waals surface area contributed by atoms with Gasteiger partial charge in [-0.25, -0.2) is 0 Å². The van der Waals surface area contributed by atoms with Gasteiger partial charge in [-0.1, -0.05) is 19.1 Å². The number of ether oxygens (including phenoxy) is 1. The monoisotopic (exact) mass is 194 g/mol. The Labute approximate surface area is 85.3 Å². The van der Waals surface area contributed by atoms with Crippen LogP contribution in [0.5, 0.6) is 0 Å². The van der Waals surface area contributed by atoms with E-state index >= 15 is 0 Å². The molecule has 0 N–H and O–H groups in total. The predicted octanol–water partition coefficient (Wildman–Crippen LogP) is 2.54. The molecule has 0 aromatic heterocycles. The lowest BCUT2D eigenvalue weighted by atomic mass is 9.72. The Balaban J connectivity index is 2.31. The number of hydrogen-bond acceptors (Lipinski definition) is 2. The molecule has 78 valence electrons. The minimum Gasteiger partial charge on any atom is -0.468 e. The summed E-state index contributed by atoms with van der Waals surface area (Å²) in [6, 6.07) is 0. The number of carbonyl (C=O) groups excluding carboxylic acids is 1. The van der Waals surface area contributed by atoms with E-state index in [-0.39, 0.29) is 11.4 Å². The van der Waals surface area contributed by atoms with Crippen LogP contribution in [0.2, 0.25) is 0 Å². The first-order chi connectivity index (χ1) is 6.69. The Morgan fingerprint density at radius 3 is 3.07 bits per heavy atom. The van der Waals surface area contributed by atoms with E-state index in [9.17, 15) is 4.79 Å². The fourth-order valence-electron chi connectivity index (χ4n) is 3.20. The van der Waals surface area contributed by atoms with Crippen molar-refractivity contribution in [2.24, 2.45) is 17.3 Å². The van der Waals surface area contributed by atoms with Crippen molar-refractivity contribution in [3.8, 4) is 0 Å². The molecule has 0 unspecified atom stereocenters. The highest BCUT2D eigenvalue weighted by Crippen LogP contribution is 2.52. The molecule has 1 saturated carbocycles. The van der Waals surface area contributed by atoms with Crippen molar-refractivity contribution >= 4 is 5.97 Å². The van der Waals surface area contributed by atoms with Crippen molar-refractivity contribution in [2.45, 2.75) is 32.6 Å². The first kappa shape index (κ1) is 9.75. The van der Waals surface area contributed by atoms with Crippen LogP contribution in [0.3, 0.4) is 0 Å². The smallest absolute Gasteiger partial charge is 0.315 e. The second-order valence-electron chi connectivity index (χ2n) is 4.75. The Hall–Kier alpha value is -0.790. The van der Waals surface area contributed by atoms with Crippen LogP contribution < -0.4 is 0 Å². The molecule has 2 aliphatic rings. The lowest BCUT2D eigenvalue weighted by Gasteiger charge is -2.32. The number of allylic oxidation sites excluding steroid dienone is 1. The van der Waals surface area contributed by atoms with Gasteiger partial charge in [0.15, 0.2) is 0 Å². The molecule has 0 amide bonds. The second kappa shape index (κ2) is 3.41. The summed E-state index contributed by atoms with van der Waals surface area (Å²) >= 11 is 0. The highest BCUT2D eigenvalue weighted by Gasteiger charge is 2.51. The molecule has 14 heavy (non-hydrogen) atoms. The zero-order valence-corrected chi connectivity index (χ0v) is 8.95. The maximum atomic E-state index is 11.8. The van der Waals surface area contributed by atoms with Crippen molar-refractivity contribution < 1.29 is 9.53 Å². The number of fused-ring (bicyclic) bond motifs is 1. The van der Waals surface area contributed by atoms with Gasteiger partial charge >= 0.3 is 5.97 Å². The average Bonchev–Trinajstić information content (AvgIpc) is 2.53. The van der Waals surface area contributed by atoms with Crippen LogP contribution in [0.4, 0.5) is 0 Å². The molecule has 0 radical (unpaired) electrons. The molecule has 0 bridgehead atoms. The fraction of sp³-hybridized carbons (Fsp3) is 0.750. The maximum Gasteiger partial charge on any atom is 0.315 e. The number of rotatable bonds is 1. The molecule has 3 atom stereocenters. The Morgan fingerprint density at radius 1 is 1.57 bits per heavy atom. The van der Waals surface area contributed by atoms with Gasteiger partial charge in [-0.3, -0.25) is 4.79 Å². The third-order valence-electron chi connectivity index (χ3n) is 3.76. The molecular formula is C12H18O2. The molecule has 0 aromatic rings. The molecule has 1 fully saturated rings. The predicted molar refractivity (Wildman–Crippen MR) is 54.7 cm³/mol. The van der Waals surface area contributed by atoms with E-state index in [1.807, 2.05) is 0 Å². The summed E-state index contributed by atoms with van der Waals surface area (Å²) < 4.78 is 4.95. The van der Waals surface area contributed by atoms with Crippen molar-refractivity contribution in [3.05, 3.63) is 12.2 Å². The highest BCUT2D eigenvalue weighted by molar-refractivity contribution is 5.80. The average molecular weight is 194 g/mol. The SMILES string of the molecule is COC(=O)[C@]12C=CCC[C@H]1C[C@H](C)C2. The third-order valence-corrected chi connectivity index (χ3v) is 3.76. The summed E-state index contributed by atoms with van der Waals surface area (Å²) in [7, 11) is 1.50. The van der Waals surface area contributed by atoms with Crippen molar-refractivity contribution in [3.63, 3.8) is 0 Å². The summed E-state index contributed by atoms with van der Waals surface area (Å²) in [5.41, 5.74) is -0.271. The molecule has 2 nitrogen and oxygen atoms in total. The lowest BCUT2D eigenvalue weighted by molar-refractivity contribution is -0.152. The van der Waals surface area contributed by atoms with Crippen LogP contribution in [-0.4, -0.2) is 13.1 Å². The van der Waals surface area contributed by atoms with E-state index in [1.54, 1.807) is 0 Å². The zero-order chi connectivity index (χ0) is 10.2. The number of esters is 1. The van der Waals surface area contributed by atoms with E-state index in [0.717, 1.165) is 19.3 Å². The van der Waals surface area contributed by atoms with Crippen LogP contribution in [0, 0.1) is 17.3 Å². The maximum absolute atomic E-state index is 11.8. The number of carbonyl (C=O) groups is 1. The summed E-state index contributed by atoms with van der Waals surface area (Å²) in [5, 5.41) is 0. The highest BCUT2D eigenvalue weighted by atomic mass is 16.5. The van der Waals surface area contributed by atoms with E-state index in [2.05, 4.69) is 19.1 Å². The van der Waals surface area contributed by atoms with Gasteiger partial charge in [0.05, 0.1) is 12.5 Å². The van der Waals surface area contributed by atoms with E-state index < -0.39 is 0 Å². The van der Waals surface area contributed by atoms with Crippen molar-refractivity contribution in [2.75, 3.05) is 7.11 Å². The molecule has 0 saturated heterocycles. The van der Waals surface area contributed by atoms with E-state index in [1.165, 1.54) is 13.5 Å². The molecule has 0 aromatic carbocycles. The molecule has 0 aliphatic heterocycles. The minimum absolute atomic E-state index is 0.0252. The van der Waals surface area contributed by atoms with Gasteiger partial charge in [0, 0.05) is 0 Å². The van der Waals surface area contributed by atoms with Crippen molar-refractivity contribution in [1.29, 1.82) is 0 Å². The summed E-state index contributed by atoms with van der Waals surface area (Å²) in [6.45, 7) is 2.23. The van der Waals surface area contributed by atoms with Gasteiger partial charge in [0.2, 0.25) is 0 Å². The minimum atomic E-state index is -0.271. The van der Waals surface area contributed by atoms with Crippen LogP contribution in [0.15, 0.2) is 12.2 Å². The zero-order valence-electron chi connectivity index (χ0n) is 8.95. The summed E-state index contributed by atoms with van der Waals surface area (Å²) in [4.78, 5) is 11.8. The van der Waals surface area contributed by atoms with Gasteiger partial charge in [-0.15, -0.1) is 0 Å². The van der Waals surface area contributed by atoms with Crippen LogP contribution in [0.1, 0.15) is 32.6 Å². The normalized spacial score (nSPS) is 40.7. The first-order valence-electron chi connectivity index (χ1n) is 5.45. The molecular weight excluding hydrogens is 176 g/mol. The molecule has 0 heterocycles. The van der Waals surface area contributed by atoms with Gasteiger partial charge in [-0.2, -0.15) is 0 Å². The van der Waals surface area contributed by atoms with E-state index in [0.29, 0.717) is 11.8 Å². The van der Waals surface area contributed by atoms with Gasteiger partial charge in [0.1, 0.15) is 0 Å². The summed E-state index contributed by atoms with van der Waals surface area (Å²) in [6.07, 6.45) is 8.67. The number of hydrogen-bond donors (Lipinski definition) is 0. The lowest BCUT2D eigenvalue weighted by Crippen LogP contribution is -2.35. The van der Waals surface area contributed by atoms with Crippen LogP contribution in [-0.2, 0) is 9.53 Å². The Kier molecular flexibility index (Phi) is 2.38. The second-order valence-corrected chi connectivity index (χ2v) is 4.75. The standard InChI is InChI=1S/C12H18O2/c1-9-7-10-5-3-4-6-12(10,8-9)11(13)14-2/h4,6,9-10H,3,5,7-8H2,1-2H3/t9-,10-,12-/m0/s1. The van der Waals surface area contributed by atoms with E-state index in [4.69, 9.17) is 4.74 Å². The largest absolute Gasteiger partial charge is 0.468 e. The van der Waals surface area contributed by atoms with Gasteiger partial charge < -0.3 is 4.74 Å². The first-order valence-corrected chi connectivity index (χ1v) is 5.45. The Morgan fingerprint density at radius 2 is 2.36 bits per heavy atom. The van der Waals surface area contributed by atoms with Gasteiger partial charge in [-0.05, 0) is 37.5 Å². The topological polar surface area (TPSA) is 26.3 Å². The molecule has 0 spiro atoms. The molecule has 2 heteroatoms. The third kappa shape index (κ3) is 1.28. The quantitative estimate of drug-likeness (QED) is 0.473. The van der Waals surface area contributed by atoms with Gasteiger partial charge in [0.25, 0.3) is 0 Å². The fourth-order valence-corrected chi connectivity index (χ4v) is 3.20.